The zero-order valence-electron chi connectivity index (χ0n) is 19.6. The van der Waals surface area contributed by atoms with Gasteiger partial charge in [-0.3, -0.25) is 9.79 Å². The molecule has 1 heterocycles. The minimum absolute atomic E-state index is 0. The number of hydrogen-bond donors (Lipinski definition) is 2. The van der Waals surface area contributed by atoms with Gasteiger partial charge >= 0.3 is 0 Å². The van der Waals surface area contributed by atoms with Crippen molar-refractivity contribution < 1.29 is 9.53 Å². The van der Waals surface area contributed by atoms with E-state index in [4.69, 9.17) is 4.74 Å². The first-order valence-corrected chi connectivity index (χ1v) is 12.0. The smallest absolute Gasteiger partial charge is 0.225 e. The first-order chi connectivity index (χ1) is 15.1. The molecule has 7 heteroatoms. The molecule has 3 aliphatic rings. The van der Waals surface area contributed by atoms with Crippen LogP contribution in [0.4, 0.5) is 0 Å². The molecule has 1 atom stereocenters. The molecule has 1 unspecified atom stereocenters. The molecule has 1 aromatic carbocycles. The van der Waals surface area contributed by atoms with Crippen molar-refractivity contribution in [3.8, 4) is 5.75 Å². The van der Waals surface area contributed by atoms with Crippen molar-refractivity contribution in [2.24, 2.45) is 10.9 Å². The Morgan fingerprint density at radius 1 is 1.16 bits per heavy atom. The van der Waals surface area contributed by atoms with Gasteiger partial charge in [-0.2, -0.15) is 0 Å². The van der Waals surface area contributed by atoms with Crippen molar-refractivity contribution in [1.82, 2.24) is 15.5 Å². The number of halogens is 1. The molecule has 3 fully saturated rings. The summed E-state index contributed by atoms with van der Waals surface area (Å²) in [5.41, 5.74) is 1.37. The van der Waals surface area contributed by atoms with Crippen molar-refractivity contribution >= 4 is 35.8 Å². The summed E-state index contributed by atoms with van der Waals surface area (Å²) >= 11 is 0. The second-order valence-corrected chi connectivity index (χ2v) is 9.51. The molecule has 6 nitrogen and oxygen atoms in total. The van der Waals surface area contributed by atoms with Gasteiger partial charge < -0.3 is 20.3 Å². The third kappa shape index (κ3) is 5.51. The van der Waals surface area contributed by atoms with Gasteiger partial charge in [0.15, 0.2) is 5.96 Å². The Morgan fingerprint density at radius 2 is 1.88 bits per heavy atom. The summed E-state index contributed by atoms with van der Waals surface area (Å²) in [5, 5.41) is 7.18. The number of methoxy groups -OCH3 is 1. The van der Waals surface area contributed by atoms with Crippen molar-refractivity contribution in [2.75, 3.05) is 33.8 Å². The van der Waals surface area contributed by atoms with Gasteiger partial charge in [0.05, 0.1) is 7.11 Å². The van der Waals surface area contributed by atoms with Crippen molar-refractivity contribution in [2.45, 2.75) is 69.2 Å². The zero-order valence-corrected chi connectivity index (χ0v) is 21.9. The maximum atomic E-state index is 12.7. The standard InChI is InChI=1S/C25H38N4O2.HI/c1-26-24(28-20-13-16-29(17-20)23(30)19-9-3-4-10-19)27-18-25(14-7-8-15-25)21-11-5-6-12-22(21)31-2;/h5-6,11-12,19-20H,3-4,7-10,13-18H2,1-2H3,(H2,26,27,28);1H. The molecule has 1 amide bonds. The van der Waals surface area contributed by atoms with E-state index in [1.165, 1.54) is 31.2 Å². The molecule has 1 saturated heterocycles. The topological polar surface area (TPSA) is 66.0 Å². The highest BCUT2D eigenvalue weighted by Gasteiger charge is 2.38. The summed E-state index contributed by atoms with van der Waals surface area (Å²) in [4.78, 5) is 19.3. The van der Waals surface area contributed by atoms with E-state index >= 15 is 0 Å². The predicted octanol–water partition coefficient (Wildman–Crippen LogP) is 4.08. The van der Waals surface area contributed by atoms with E-state index in [1.54, 1.807) is 7.11 Å². The van der Waals surface area contributed by atoms with E-state index in [0.717, 1.165) is 63.4 Å². The summed E-state index contributed by atoms with van der Waals surface area (Å²) in [6.07, 6.45) is 10.3. The number of carbonyl (C=O) groups excluding carboxylic acids is 1. The first kappa shape index (κ1) is 25.1. The molecule has 178 valence electrons. The average Bonchev–Trinajstić information content (AvgIpc) is 3.58. The highest BCUT2D eigenvalue weighted by molar-refractivity contribution is 14.0. The van der Waals surface area contributed by atoms with Crippen LogP contribution in [0.25, 0.3) is 0 Å². The predicted molar refractivity (Wildman–Crippen MR) is 140 cm³/mol. The summed E-state index contributed by atoms with van der Waals surface area (Å²) in [7, 11) is 3.59. The Morgan fingerprint density at radius 3 is 2.56 bits per heavy atom. The molecule has 0 radical (unpaired) electrons. The lowest BCUT2D eigenvalue weighted by Crippen LogP contribution is -2.49. The van der Waals surface area contributed by atoms with E-state index in [2.05, 4.69) is 38.7 Å². The van der Waals surface area contributed by atoms with Crippen LogP contribution in [0, 0.1) is 5.92 Å². The molecule has 0 bridgehead atoms. The Hall–Kier alpha value is -1.51. The van der Waals surface area contributed by atoms with Crippen molar-refractivity contribution in [3.63, 3.8) is 0 Å². The molecule has 32 heavy (non-hydrogen) atoms. The van der Waals surface area contributed by atoms with Gasteiger partial charge in [0.2, 0.25) is 5.91 Å². The molecule has 4 rings (SSSR count). The number of guanidine groups is 1. The van der Waals surface area contributed by atoms with Gasteiger partial charge in [0.25, 0.3) is 0 Å². The molecule has 2 N–H and O–H groups in total. The van der Waals surface area contributed by atoms with Crippen LogP contribution < -0.4 is 15.4 Å². The monoisotopic (exact) mass is 554 g/mol. The quantitative estimate of drug-likeness (QED) is 0.316. The van der Waals surface area contributed by atoms with Crippen molar-refractivity contribution in [1.29, 1.82) is 0 Å². The van der Waals surface area contributed by atoms with E-state index in [9.17, 15) is 4.79 Å². The maximum Gasteiger partial charge on any atom is 0.225 e. The molecule has 1 aromatic rings. The van der Waals surface area contributed by atoms with Gasteiger partial charge in [-0.1, -0.05) is 43.9 Å². The highest BCUT2D eigenvalue weighted by atomic mass is 127. The van der Waals surface area contributed by atoms with E-state index in [-0.39, 0.29) is 41.4 Å². The fraction of sp³-hybridized carbons (Fsp3) is 0.680. The van der Waals surface area contributed by atoms with Gasteiger partial charge in [-0.25, -0.2) is 0 Å². The molecule has 2 saturated carbocycles. The largest absolute Gasteiger partial charge is 0.496 e. The second-order valence-electron chi connectivity index (χ2n) is 9.51. The van der Waals surface area contributed by atoms with Gasteiger partial charge in [0, 0.05) is 49.6 Å². The van der Waals surface area contributed by atoms with Crippen LogP contribution >= 0.6 is 24.0 Å². The van der Waals surface area contributed by atoms with Crippen LogP contribution in [-0.4, -0.2) is 56.6 Å². The number of likely N-dealkylation sites (tertiary alicyclic amines) is 1. The minimum atomic E-state index is 0. The summed E-state index contributed by atoms with van der Waals surface area (Å²) in [6, 6.07) is 8.70. The molecule has 0 spiro atoms. The van der Waals surface area contributed by atoms with Crippen LogP contribution in [0.5, 0.6) is 5.75 Å². The molecular weight excluding hydrogens is 515 g/mol. The van der Waals surface area contributed by atoms with Crippen LogP contribution in [-0.2, 0) is 10.2 Å². The number of nitrogens with one attached hydrogen (secondary N) is 2. The molecular formula is C25H39IN4O2. The number of hydrogen-bond acceptors (Lipinski definition) is 3. The third-order valence-electron chi connectivity index (χ3n) is 7.60. The van der Waals surface area contributed by atoms with Crippen LogP contribution in [0.1, 0.15) is 63.4 Å². The lowest BCUT2D eigenvalue weighted by atomic mass is 9.78. The molecule has 1 aliphatic heterocycles. The first-order valence-electron chi connectivity index (χ1n) is 12.0. The number of ether oxygens (including phenoxy) is 1. The summed E-state index contributed by atoms with van der Waals surface area (Å²) in [6.45, 7) is 2.48. The summed E-state index contributed by atoms with van der Waals surface area (Å²) < 4.78 is 5.69. The van der Waals surface area contributed by atoms with E-state index < -0.39 is 0 Å². The normalized spacial score (nSPS) is 23.1. The number of amides is 1. The maximum absolute atomic E-state index is 12.7. The third-order valence-corrected chi connectivity index (χ3v) is 7.60. The zero-order chi connectivity index (χ0) is 21.7. The number of rotatable bonds is 6. The average molecular weight is 555 g/mol. The van der Waals surface area contributed by atoms with Crippen LogP contribution in [0.3, 0.4) is 0 Å². The molecule has 0 aromatic heterocycles. The SMILES string of the molecule is CN=C(NCC1(c2ccccc2OC)CCCC1)NC1CCN(C(=O)C2CCCC2)C1.I. The number of nitrogens with zero attached hydrogens (tertiary/aromatic N) is 2. The van der Waals surface area contributed by atoms with Crippen molar-refractivity contribution in [3.05, 3.63) is 29.8 Å². The Labute approximate surface area is 210 Å². The Balaban J connectivity index is 0.00000289. The lowest BCUT2D eigenvalue weighted by Gasteiger charge is -2.32. The number of aliphatic imine (C=N–C) groups is 1. The number of carbonyl (C=O) groups is 1. The fourth-order valence-electron chi connectivity index (χ4n) is 5.83. The second kappa shape index (κ2) is 11.6. The Kier molecular flexibility index (Phi) is 9.08. The number of para-hydroxylation sites is 1. The van der Waals surface area contributed by atoms with Crippen LogP contribution in [0.15, 0.2) is 29.3 Å². The van der Waals surface area contributed by atoms with Gasteiger partial charge in [0.1, 0.15) is 5.75 Å². The number of benzene rings is 1. The summed E-state index contributed by atoms with van der Waals surface area (Å²) in [5.74, 6) is 2.44. The van der Waals surface area contributed by atoms with E-state index in [1.807, 2.05) is 13.1 Å². The fourth-order valence-corrected chi connectivity index (χ4v) is 5.83. The Bertz CT molecular complexity index is 788. The molecule has 2 aliphatic carbocycles. The lowest BCUT2D eigenvalue weighted by molar-refractivity contribution is -0.134. The van der Waals surface area contributed by atoms with Crippen LogP contribution in [0.2, 0.25) is 0 Å². The van der Waals surface area contributed by atoms with Gasteiger partial charge in [-0.05, 0) is 38.2 Å². The highest BCUT2D eigenvalue weighted by Crippen LogP contribution is 2.44. The van der Waals surface area contributed by atoms with Gasteiger partial charge in [-0.15, -0.1) is 24.0 Å². The van der Waals surface area contributed by atoms with E-state index in [0.29, 0.717) is 5.91 Å². The minimum Gasteiger partial charge on any atom is -0.496 e.